The zero-order valence-electron chi connectivity index (χ0n) is 16.5. The molecule has 2 N–H and O–H groups in total. The predicted octanol–water partition coefficient (Wildman–Crippen LogP) is 0.565. The molecule has 0 unspecified atom stereocenters. The molecule has 0 atom stereocenters. The summed E-state index contributed by atoms with van der Waals surface area (Å²) >= 11 is 0. The summed E-state index contributed by atoms with van der Waals surface area (Å²) in [6, 6.07) is 0.813. The lowest BCUT2D eigenvalue weighted by Crippen LogP contribution is -2.55. The second kappa shape index (κ2) is 8.97. The van der Waals surface area contributed by atoms with Gasteiger partial charge in [-0.1, -0.05) is 0 Å². The van der Waals surface area contributed by atoms with Gasteiger partial charge in [-0.15, -0.1) is 0 Å². The number of alkyl halides is 3. The fourth-order valence-electron chi connectivity index (χ4n) is 2.96. The Hall–Kier alpha value is -3.38. The van der Waals surface area contributed by atoms with Crippen molar-refractivity contribution in [2.45, 2.75) is 6.18 Å². The maximum Gasteiger partial charge on any atom is 0.433 e. The van der Waals surface area contributed by atoms with Crippen LogP contribution in [0.5, 0.6) is 0 Å². The Kier molecular flexibility index (Phi) is 6.37. The summed E-state index contributed by atoms with van der Waals surface area (Å²) in [5, 5.41) is 9.90. The maximum atomic E-state index is 12.7. The molecular weight excluding hydrogens is 403 g/mol. The van der Waals surface area contributed by atoms with Crippen LogP contribution in [0.1, 0.15) is 5.69 Å². The summed E-state index contributed by atoms with van der Waals surface area (Å²) in [5.41, 5.74) is -0.260. The monoisotopic (exact) mass is 425 g/mol. The summed E-state index contributed by atoms with van der Waals surface area (Å²) < 4.78 is 39.7. The number of hydrogen-bond donors (Lipinski definition) is 2. The molecule has 0 bridgehead atoms. The number of aliphatic imine (C=N–C) groups is 1. The number of rotatable bonds is 5. The molecule has 3 heterocycles. The van der Waals surface area contributed by atoms with Gasteiger partial charge in [-0.3, -0.25) is 14.5 Å². The Morgan fingerprint density at radius 2 is 2.10 bits per heavy atom. The molecule has 1 aliphatic heterocycles. The molecule has 1 amide bonds. The van der Waals surface area contributed by atoms with Gasteiger partial charge in [-0.25, -0.2) is 9.97 Å². The van der Waals surface area contributed by atoms with Crippen LogP contribution in [-0.2, 0) is 18.0 Å². The molecule has 1 saturated heterocycles. The van der Waals surface area contributed by atoms with Crippen LogP contribution >= 0.6 is 0 Å². The van der Waals surface area contributed by atoms with E-state index in [9.17, 15) is 18.0 Å². The average Bonchev–Trinajstić information content (AvgIpc) is 3.13. The van der Waals surface area contributed by atoms with Gasteiger partial charge in [0.25, 0.3) is 0 Å². The molecule has 1 fully saturated rings. The molecule has 0 aliphatic carbocycles. The first-order chi connectivity index (χ1) is 14.3. The zero-order chi connectivity index (χ0) is 21.7. The maximum absolute atomic E-state index is 12.7. The number of amides is 1. The van der Waals surface area contributed by atoms with Crippen LogP contribution < -0.4 is 15.5 Å². The van der Waals surface area contributed by atoms with E-state index in [4.69, 9.17) is 0 Å². The molecule has 3 rings (SSSR count). The number of anilines is 2. The van der Waals surface area contributed by atoms with Crippen molar-refractivity contribution >= 4 is 23.5 Å². The topological polar surface area (TPSA) is 104 Å². The highest BCUT2D eigenvalue weighted by Gasteiger charge is 2.32. The van der Waals surface area contributed by atoms with E-state index in [1.807, 2.05) is 4.90 Å². The Morgan fingerprint density at radius 1 is 1.30 bits per heavy atom. The molecule has 162 valence electrons. The lowest BCUT2D eigenvalue weighted by Gasteiger charge is -2.35. The van der Waals surface area contributed by atoms with Gasteiger partial charge in [0.05, 0.1) is 11.9 Å². The molecule has 30 heavy (non-hydrogen) atoms. The number of nitrogens with one attached hydrogen (secondary N) is 2. The van der Waals surface area contributed by atoms with Crippen LogP contribution in [0.4, 0.5) is 24.8 Å². The largest absolute Gasteiger partial charge is 0.433 e. The molecule has 13 heteroatoms. The van der Waals surface area contributed by atoms with Gasteiger partial charge in [0.15, 0.2) is 5.96 Å². The average molecular weight is 425 g/mol. The molecular formula is C17H22F3N9O. The van der Waals surface area contributed by atoms with Crippen molar-refractivity contribution in [1.82, 2.24) is 30.0 Å². The van der Waals surface area contributed by atoms with Crippen LogP contribution in [-0.4, -0.2) is 76.3 Å². The molecule has 0 radical (unpaired) electrons. The fraction of sp³-hybridized carbons (Fsp3) is 0.471. The Bertz CT molecular complexity index is 912. The van der Waals surface area contributed by atoms with Crippen LogP contribution in [0, 0.1) is 0 Å². The second-order valence-corrected chi connectivity index (χ2v) is 6.50. The van der Waals surface area contributed by atoms with Crippen LogP contribution in [0.2, 0.25) is 0 Å². The number of guanidine groups is 1. The first-order valence-electron chi connectivity index (χ1n) is 9.16. The highest BCUT2D eigenvalue weighted by Crippen LogP contribution is 2.27. The number of halogens is 3. The minimum Gasteiger partial charge on any atom is -0.354 e. The van der Waals surface area contributed by atoms with Gasteiger partial charge in [-0.2, -0.15) is 18.3 Å². The SMILES string of the molecule is CN=C(NCCNc1nccc(C(F)(F)F)n1)N1CCN(c2cnn(C)c2)C(=O)C1. The van der Waals surface area contributed by atoms with Crippen molar-refractivity contribution in [2.75, 3.05) is 50.0 Å². The number of carbonyl (C=O) groups excluding carboxylic acids is 1. The van der Waals surface area contributed by atoms with Crippen molar-refractivity contribution in [3.8, 4) is 0 Å². The number of nitrogens with zero attached hydrogens (tertiary/aromatic N) is 7. The number of hydrogen-bond acceptors (Lipinski definition) is 6. The van der Waals surface area contributed by atoms with Crippen molar-refractivity contribution < 1.29 is 18.0 Å². The van der Waals surface area contributed by atoms with Crippen molar-refractivity contribution in [1.29, 1.82) is 0 Å². The summed E-state index contributed by atoms with van der Waals surface area (Å²) in [6.45, 7) is 1.83. The third-order valence-corrected chi connectivity index (χ3v) is 4.37. The van der Waals surface area contributed by atoms with E-state index in [0.29, 0.717) is 25.6 Å². The van der Waals surface area contributed by atoms with Crippen LogP contribution in [0.15, 0.2) is 29.6 Å². The van der Waals surface area contributed by atoms with Gasteiger partial charge < -0.3 is 20.4 Å². The molecule has 2 aromatic heterocycles. The minimum absolute atomic E-state index is 0.0762. The van der Waals surface area contributed by atoms with E-state index in [2.05, 4.69) is 30.7 Å². The lowest BCUT2D eigenvalue weighted by atomic mass is 10.3. The summed E-state index contributed by atoms with van der Waals surface area (Å²) in [7, 11) is 3.39. The van der Waals surface area contributed by atoms with Gasteiger partial charge in [0.2, 0.25) is 11.9 Å². The molecule has 0 saturated carbocycles. The van der Waals surface area contributed by atoms with Gasteiger partial charge in [0, 0.05) is 52.7 Å². The quantitative estimate of drug-likeness (QED) is 0.410. The third-order valence-electron chi connectivity index (χ3n) is 4.37. The Morgan fingerprint density at radius 3 is 2.73 bits per heavy atom. The van der Waals surface area contributed by atoms with E-state index >= 15 is 0 Å². The van der Waals surface area contributed by atoms with Crippen molar-refractivity contribution in [3.05, 3.63) is 30.4 Å². The molecule has 0 spiro atoms. The summed E-state index contributed by atoms with van der Waals surface area (Å²) in [4.78, 5) is 27.4. The number of aromatic nitrogens is 4. The zero-order valence-corrected chi connectivity index (χ0v) is 16.5. The summed E-state index contributed by atoms with van der Waals surface area (Å²) in [5.74, 6) is 0.343. The van der Waals surface area contributed by atoms with Crippen LogP contribution in [0.25, 0.3) is 0 Å². The standard InChI is InChI=1S/C17H22F3N9O/c1-21-16(24-6-5-23-15-22-4-3-13(26-15)17(18,19)20)28-7-8-29(14(30)11-28)12-9-25-27(2)10-12/h3-4,9-10H,5-8,11H2,1-2H3,(H,21,24)(H,22,23,26). The highest BCUT2D eigenvalue weighted by atomic mass is 19.4. The van der Waals surface area contributed by atoms with E-state index in [-0.39, 0.29) is 24.9 Å². The van der Waals surface area contributed by atoms with Gasteiger partial charge >= 0.3 is 6.18 Å². The fourth-order valence-corrected chi connectivity index (χ4v) is 2.96. The van der Waals surface area contributed by atoms with Crippen molar-refractivity contribution in [3.63, 3.8) is 0 Å². The van der Waals surface area contributed by atoms with E-state index < -0.39 is 11.9 Å². The van der Waals surface area contributed by atoms with Crippen LogP contribution in [0.3, 0.4) is 0 Å². The predicted molar refractivity (Wildman–Crippen MR) is 104 cm³/mol. The van der Waals surface area contributed by atoms with E-state index in [1.165, 1.54) is 0 Å². The highest BCUT2D eigenvalue weighted by molar-refractivity contribution is 5.98. The third kappa shape index (κ3) is 5.15. The Labute approximate surface area is 170 Å². The molecule has 1 aliphatic rings. The number of piperazine rings is 1. The number of aryl methyl sites for hydroxylation is 1. The Balaban J connectivity index is 1.48. The van der Waals surface area contributed by atoms with E-state index in [1.54, 1.807) is 36.1 Å². The lowest BCUT2D eigenvalue weighted by molar-refractivity contribution is -0.141. The smallest absolute Gasteiger partial charge is 0.354 e. The first kappa shape index (κ1) is 21.3. The van der Waals surface area contributed by atoms with E-state index in [0.717, 1.165) is 18.0 Å². The molecule has 10 nitrogen and oxygen atoms in total. The van der Waals surface area contributed by atoms with Gasteiger partial charge in [0.1, 0.15) is 12.2 Å². The normalized spacial score (nSPS) is 15.5. The molecule has 2 aromatic rings. The second-order valence-electron chi connectivity index (χ2n) is 6.50. The first-order valence-corrected chi connectivity index (χ1v) is 9.16. The van der Waals surface area contributed by atoms with Crippen molar-refractivity contribution in [2.24, 2.45) is 12.0 Å². The minimum atomic E-state index is -4.52. The summed E-state index contributed by atoms with van der Waals surface area (Å²) in [6.07, 6.45) is -0.0493. The van der Waals surface area contributed by atoms with Gasteiger partial charge in [-0.05, 0) is 6.07 Å². The number of carbonyl (C=O) groups is 1. The molecule has 0 aromatic carbocycles.